The number of rotatable bonds is 6. The molecule has 0 aliphatic carbocycles. The summed E-state index contributed by atoms with van der Waals surface area (Å²) in [7, 11) is 0. The van der Waals surface area contributed by atoms with Crippen LogP contribution in [0.5, 0.6) is 0 Å². The standard InChI is InChI=1S/C17H20N2O2/c18-15(12-20)10-14-8-4-5-9-16(14)17(21)19-11-13-6-2-1-3-7-13/h1-9,15,20H,10-12,18H2,(H,19,21)/t15-/m1/s1. The normalized spacial score (nSPS) is 11.9. The summed E-state index contributed by atoms with van der Waals surface area (Å²) in [6.45, 7) is 0.389. The molecule has 4 N–H and O–H groups in total. The second-order valence-electron chi connectivity index (χ2n) is 4.97. The Bertz CT molecular complexity index is 584. The molecule has 0 aromatic heterocycles. The molecule has 4 heteroatoms. The van der Waals surface area contributed by atoms with Gasteiger partial charge in [0.1, 0.15) is 0 Å². The molecule has 0 radical (unpaired) electrons. The number of nitrogens with one attached hydrogen (secondary N) is 1. The van der Waals surface area contributed by atoms with E-state index < -0.39 is 0 Å². The van der Waals surface area contributed by atoms with Gasteiger partial charge in [0, 0.05) is 18.2 Å². The third-order valence-corrected chi connectivity index (χ3v) is 3.27. The smallest absolute Gasteiger partial charge is 0.251 e. The minimum Gasteiger partial charge on any atom is -0.395 e. The van der Waals surface area contributed by atoms with Crippen LogP contribution in [-0.4, -0.2) is 23.7 Å². The van der Waals surface area contributed by atoms with Crippen LogP contribution in [0.1, 0.15) is 21.5 Å². The van der Waals surface area contributed by atoms with Gasteiger partial charge in [-0.1, -0.05) is 48.5 Å². The van der Waals surface area contributed by atoms with Crippen LogP contribution in [0.25, 0.3) is 0 Å². The molecular formula is C17H20N2O2. The Labute approximate surface area is 124 Å². The van der Waals surface area contributed by atoms with E-state index in [-0.39, 0.29) is 18.6 Å². The van der Waals surface area contributed by atoms with E-state index in [1.807, 2.05) is 48.5 Å². The lowest BCUT2D eigenvalue weighted by molar-refractivity contribution is 0.0949. The largest absolute Gasteiger partial charge is 0.395 e. The monoisotopic (exact) mass is 284 g/mol. The van der Waals surface area contributed by atoms with E-state index in [0.717, 1.165) is 11.1 Å². The molecule has 0 aliphatic heterocycles. The summed E-state index contributed by atoms with van der Waals surface area (Å²) in [6.07, 6.45) is 0.478. The van der Waals surface area contributed by atoms with E-state index >= 15 is 0 Å². The van der Waals surface area contributed by atoms with Crippen molar-refractivity contribution in [2.75, 3.05) is 6.61 Å². The van der Waals surface area contributed by atoms with Crippen LogP contribution < -0.4 is 11.1 Å². The molecule has 1 amide bonds. The van der Waals surface area contributed by atoms with Crippen molar-refractivity contribution in [2.45, 2.75) is 19.0 Å². The number of aliphatic hydroxyl groups excluding tert-OH is 1. The average molecular weight is 284 g/mol. The maximum absolute atomic E-state index is 12.3. The van der Waals surface area contributed by atoms with E-state index in [9.17, 15) is 4.79 Å². The lowest BCUT2D eigenvalue weighted by atomic mass is 10.0. The van der Waals surface area contributed by atoms with Crippen LogP contribution in [-0.2, 0) is 13.0 Å². The Morgan fingerprint density at radius 1 is 1.10 bits per heavy atom. The predicted octanol–water partition coefficient (Wildman–Crippen LogP) is 1.48. The van der Waals surface area contributed by atoms with Crippen LogP contribution in [0.4, 0.5) is 0 Å². The second-order valence-corrected chi connectivity index (χ2v) is 4.97. The van der Waals surface area contributed by atoms with Crippen LogP contribution in [0, 0.1) is 0 Å². The minimum atomic E-state index is -0.354. The molecule has 0 unspecified atom stereocenters. The van der Waals surface area contributed by atoms with Gasteiger partial charge in [0.2, 0.25) is 0 Å². The molecule has 1 atom stereocenters. The van der Waals surface area contributed by atoms with Crippen molar-refractivity contribution >= 4 is 5.91 Å². The van der Waals surface area contributed by atoms with Gasteiger partial charge in [-0.3, -0.25) is 4.79 Å². The van der Waals surface area contributed by atoms with Gasteiger partial charge in [0.05, 0.1) is 6.61 Å². The quantitative estimate of drug-likeness (QED) is 0.752. The molecule has 21 heavy (non-hydrogen) atoms. The van der Waals surface area contributed by atoms with E-state index in [0.29, 0.717) is 18.5 Å². The van der Waals surface area contributed by atoms with Crippen LogP contribution in [0.15, 0.2) is 54.6 Å². The number of carbonyl (C=O) groups excluding carboxylic acids is 1. The molecular weight excluding hydrogens is 264 g/mol. The van der Waals surface area contributed by atoms with Crippen LogP contribution in [0.3, 0.4) is 0 Å². The Kier molecular flexibility index (Phi) is 5.49. The van der Waals surface area contributed by atoms with Gasteiger partial charge < -0.3 is 16.2 Å². The minimum absolute atomic E-state index is 0.0973. The summed E-state index contributed by atoms with van der Waals surface area (Å²) in [5.41, 5.74) is 8.27. The molecule has 0 saturated heterocycles. The topological polar surface area (TPSA) is 75.3 Å². The fraction of sp³-hybridized carbons (Fsp3) is 0.235. The molecule has 0 bridgehead atoms. The average Bonchev–Trinajstić information content (AvgIpc) is 2.54. The zero-order valence-electron chi connectivity index (χ0n) is 11.8. The summed E-state index contributed by atoms with van der Waals surface area (Å²) < 4.78 is 0. The Morgan fingerprint density at radius 3 is 2.48 bits per heavy atom. The number of hydrogen-bond donors (Lipinski definition) is 3. The van der Waals surface area contributed by atoms with Gasteiger partial charge in [-0.05, 0) is 23.6 Å². The maximum Gasteiger partial charge on any atom is 0.251 e. The van der Waals surface area contributed by atoms with E-state index in [1.54, 1.807) is 6.07 Å². The highest BCUT2D eigenvalue weighted by molar-refractivity contribution is 5.95. The first kappa shape index (κ1) is 15.2. The molecule has 0 heterocycles. The third kappa shape index (κ3) is 4.41. The van der Waals surface area contributed by atoms with Crippen molar-refractivity contribution < 1.29 is 9.90 Å². The number of hydrogen-bond acceptors (Lipinski definition) is 3. The molecule has 0 fully saturated rings. The predicted molar refractivity (Wildman–Crippen MR) is 82.8 cm³/mol. The van der Waals surface area contributed by atoms with Gasteiger partial charge in [0.25, 0.3) is 5.91 Å². The highest BCUT2D eigenvalue weighted by Gasteiger charge is 2.12. The van der Waals surface area contributed by atoms with Crippen molar-refractivity contribution in [3.63, 3.8) is 0 Å². The lowest BCUT2D eigenvalue weighted by Gasteiger charge is -2.13. The molecule has 0 saturated carbocycles. The van der Waals surface area contributed by atoms with Crippen molar-refractivity contribution in [1.82, 2.24) is 5.32 Å². The highest BCUT2D eigenvalue weighted by atomic mass is 16.3. The molecule has 2 rings (SSSR count). The second kappa shape index (κ2) is 7.57. The Morgan fingerprint density at radius 2 is 1.76 bits per heavy atom. The highest BCUT2D eigenvalue weighted by Crippen LogP contribution is 2.11. The maximum atomic E-state index is 12.3. The first-order valence-electron chi connectivity index (χ1n) is 6.97. The summed E-state index contributed by atoms with van der Waals surface area (Å²) in [6, 6.07) is 16.7. The summed E-state index contributed by atoms with van der Waals surface area (Å²) in [4.78, 5) is 12.3. The van der Waals surface area contributed by atoms with Crippen LogP contribution in [0.2, 0.25) is 0 Å². The number of aliphatic hydroxyl groups is 1. The zero-order chi connectivity index (χ0) is 15.1. The fourth-order valence-corrected chi connectivity index (χ4v) is 2.14. The molecule has 0 spiro atoms. The number of benzene rings is 2. The molecule has 2 aromatic rings. The Balaban J connectivity index is 2.05. The van der Waals surface area contributed by atoms with Gasteiger partial charge in [-0.15, -0.1) is 0 Å². The van der Waals surface area contributed by atoms with Gasteiger partial charge in [-0.2, -0.15) is 0 Å². The van der Waals surface area contributed by atoms with Gasteiger partial charge >= 0.3 is 0 Å². The van der Waals surface area contributed by atoms with Crippen LogP contribution >= 0.6 is 0 Å². The number of nitrogens with two attached hydrogens (primary N) is 1. The number of carbonyl (C=O) groups is 1. The third-order valence-electron chi connectivity index (χ3n) is 3.27. The van der Waals surface area contributed by atoms with Crippen molar-refractivity contribution in [3.8, 4) is 0 Å². The van der Waals surface area contributed by atoms with E-state index in [2.05, 4.69) is 5.32 Å². The zero-order valence-corrected chi connectivity index (χ0v) is 11.8. The fourth-order valence-electron chi connectivity index (χ4n) is 2.14. The summed E-state index contributed by atoms with van der Waals surface area (Å²) in [5, 5.41) is 12.0. The first-order valence-corrected chi connectivity index (χ1v) is 6.97. The SMILES string of the molecule is N[C@@H](CO)Cc1ccccc1C(=O)NCc1ccccc1. The molecule has 4 nitrogen and oxygen atoms in total. The molecule has 0 aliphatic rings. The van der Waals surface area contributed by atoms with Crippen molar-refractivity contribution in [1.29, 1.82) is 0 Å². The molecule has 110 valence electrons. The van der Waals surface area contributed by atoms with Crippen molar-refractivity contribution in [3.05, 3.63) is 71.3 Å². The van der Waals surface area contributed by atoms with E-state index in [4.69, 9.17) is 10.8 Å². The summed E-state index contributed by atoms with van der Waals surface area (Å²) in [5.74, 6) is -0.125. The number of amides is 1. The van der Waals surface area contributed by atoms with E-state index in [1.165, 1.54) is 0 Å². The Hall–Kier alpha value is -2.17. The van der Waals surface area contributed by atoms with Gasteiger partial charge in [-0.25, -0.2) is 0 Å². The lowest BCUT2D eigenvalue weighted by Crippen LogP contribution is -2.29. The summed E-state index contributed by atoms with van der Waals surface area (Å²) >= 11 is 0. The first-order chi connectivity index (χ1) is 10.2. The van der Waals surface area contributed by atoms with Crippen molar-refractivity contribution in [2.24, 2.45) is 5.73 Å². The van der Waals surface area contributed by atoms with Gasteiger partial charge in [0.15, 0.2) is 0 Å². The molecule has 2 aromatic carbocycles.